The van der Waals surface area contributed by atoms with Gasteiger partial charge in [-0.1, -0.05) is 46.3 Å². The fraction of sp³-hybridized carbons (Fsp3) is 0.259. The third-order valence-electron chi connectivity index (χ3n) is 5.94. The van der Waals surface area contributed by atoms with Gasteiger partial charge in [0.25, 0.3) is 10.0 Å². The van der Waals surface area contributed by atoms with Crippen LogP contribution < -0.4 is 19.1 Å². The van der Waals surface area contributed by atoms with Gasteiger partial charge < -0.3 is 19.7 Å². The number of methoxy groups -OCH3 is 2. The molecule has 0 aliphatic carbocycles. The Labute approximate surface area is 231 Å². The first-order valence-corrected chi connectivity index (χ1v) is 13.9. The van der Waals surface area contributed by atoms with E-state index in [9.17, 15) is 18.0 Å². The van der Waals surface area contributed by atoms with Crippen molar-refractivity contribution in [3.05, 3.63) is 82.8 Å². The minimum atomic E-state index is -4.23. The fourth-order valence-corrected chi connectivity index (χ4v) is 5.50. The first-order chi connectivity index (χ1) is 18.1. The Kier molecular flexibility index (Phi) is 9.76. The number of amides is 2. The smallest absolute Gasteiger partial charge is 0.264 e. The molecule has 0 unspecified atom stereocenters. The molecule has 38 heavy (non-hydrogen) atoms. The summed E-state index contributed by atoms with van der Waals surface area (Å²) in [6.45, 7) is 1.10. The Hall–Kier alpha value is -3.57. The van der Waals surface area contributed by atoms with Crippen molar-refractivity contribution in [3.63, 3.8) is 0 Å². The highest BCUT2D eigenvalue weighted by Crippen LogP contribution is 2.36. The molecule has 11 heteroatoms. The summed E-state index contributed by atoms with van der Waals surface area (Å²) in [6.07, 6.45) is 0. The molecule has 0 saturated heterocycles. The monoisotopic (exact) mass is 603 g/mol. The largest absolute Gasteiger partial charge is 0.497 e. The molecule has 9 nitrogen and oxygen atoms in total. The maximum atomic E-state index is 13.9. The lowest BCUT2D eigenvalue weighted by atomic mass is 10.1. The van der Waals surface area contributed by atoms with Crippen LogP contribution in [0.2, 0.25) is 0 Å². The van der Waals surface area contributed by atoms with Crippen molar-refractivity contribution in [3.8, 4) is 11.5 Å². The molecule has 1 N–H and O–H groups in total. The minimum absolute atomic E-state index is 0.00326. The van der Waals surface area contributed by atoms with Crippen molar-refractivity contribution in [2.45, 2.75) is 24.4 Å². The summed E-state index contributed by atoms with van der Waals surface area (Å²) in [6, 6.07) is 18.9. The van der Waals surface area contributed by atoms with Crippen LogP contribution in [0, 0.1) is 0 Å². The number of sulfonamides is 1. The van der Waals surface area contributed by atoms with Crippen LogP contribution in [0.25, 0.3) is 0 Å². The number of hydrogen-bond acceptors (Lipinski definition) is 6. The summed E-state index contributed by atoms with van der Waals surface area (Å²) in [4.78, 5) is 27.8. The second kappa shape index (κ2) is 12.8. The molecule has 0 heterocycles. The molecule has 0 aromatic heterocycles. The van der Waals surface area contributed by atoms with Crippen LogP contribution in [-0.2, 0) is 26.2 Å². The van der Waals surface area contributed by atoms with Crippen molar-refractivity contribution < 1.29 is 27.5 Å². The Balaban J connectivity index is 2.10. The van der Waals surface area contributed by atoms with Gasteiger partial charge in [0.2, 0.25) is 11.8 Å². The number of rotatable bonds is 11. The zero-order valence-corrected chi connectivity index (χ0v) is 24.0. The molecule has 0 aliphatic rings. The van der Waals surface area contributed by atoms with Crippen molar-refractivity contribution in [2.24, 2.45) is 0 Å². The number of carbonyl (C=O) groups excluding carboxylic acids is 2. The molecule has 3 aromatic rings. The van der Waals surface area contributed by atoms with E-state index in [-0.39, 0.29) is 28.8 Å². The second-order valence-electron chi connectivity index (χ2n) is 8.30. The Morgan fingerprint density at radius 2 is 1.63 bits per heavy atom. The lowest BCUT2D eigenvalue weighted by Gasteiger charge is -2.32. The summed E-state index contributed by atoms with van der Waals surface area (Å²) in [5, 5.41) is 2.56. The maximum Gasteiger partial charge on any atom is 0.264 e. The molecule has 0 bridgehead atoms. The maximum absolute atomic E-state index is 13.9. The highest BCUT2D eigenvalue weighted by Gasteiger charge is 2.33. The van der Waals surface area contributed by atoms with Crippen molar-refractivity contribution in [1.82, 2.24) is 10.2 Å². The van der Waals surface area contributed by atoms with Crippen LogP contribution >= 0.6 is 15.9 Å². The molecular weight excluding hydrogens is 574 g/mol. The predicted octanol–water partition coefficient (Wildman–Crippen LogP) is 3.82. The van der Waals surface area contributed by atoms with Gasteiger partial charge in [-0.25, -0.2) is 8.42 Å². The highest BCUT2D eigenvalue weighted by atomic mass is 79.9. The second-order valence-corrected chi connectivity index (χ2v) is 11.1. The molecule has 3 aromatic carbocycles. The minimum Gasteiger partial charge on any atom is -0.497 e. The number of nitrogens with zero attached hydrogens (tertiary/aromatic N) is 2. The van der Waals surface area contributed by atoms with Gasteiger partial charge in [-0.15, -0.1) is 0 Å². The van der Waals surface area contributed by atoms with Crippen LogP contribution in [0.3, 0.4) is 0 Å². The molecule has 0 radical (unpaired) electrons. The van der Waals surface area contributed by atoms with Crippen molar-refractivity contribution >= 4 is 43.5 Å². The lowest BCUT2D eigenvalue weighted by Crippen LogP contribution is -2.50. The van der Waals surface area contributed by atoms with Crippen LogP contribution in [0.15, 0.2) is 82.2 Å². The normalized spacial score (nSPS) is 11.8. The van der Waals surface area contributed by atoms with E-state index in [1.54, 1.807) is 37.3 Å². The number of nitrogens with one attached hydrogen (secondary N) is 1. The Morgan fingerprint density at radius 3 is 2.21 bits per heavy atom. The summed E-state index contributed by atoms with van der Waals surface area (Å²) >= 11 is 3.39. The van der Waals surface area contributed by atoms with Crippen LogP contribution in [0.1, 0.15) is 12.5 Å². The zero-order chi connectivity index (χ0) is 27.9. The van der Waals surface area contributed by atoms with E-state index in [1.807, 2.05) is 24.3 Å². The average Bonchev–Trinajstić information content (AvgIpc) is 2.94. The first kappa shape index (κ1) is 29.0. The van der Waals surface area contributed by atoms with Gasteiger partial charge in [0, 0.05) is 24.1 Å². The molecule has 0 spiro atoms. The van der Waals surface area contributed by atoms with Gasteiger partial charge in [0.15, 0.2) is 0 Å². The van der Waals surface area contributed by atoms with Crippen LogP contribution in [-0.4, -0.2) is 59.0 Å². The van der Waals surface area contributed by atoms with E-state index in [4.69, 9.17) is 9.47 Å². The Morgan fingerprint density at radius 1 is 0.974 bits per heavy atom. The van der Waals surface area contributed by atoms with Crippen molar-refractivity contribution in [2.75, 3.05) is 32.1 Å². The number of hydrogen-bond donors (Lipinski definition) is 1. The van der Waals surface area contributed by atoms with Gasteiger partial charge in [-0.3, -0.25) is 13.9 Å². The van der Waals surface area contributed by atoms with E-state index in [2.05, 4.69) is 21.2 Å². The van der Waals surface area contributed by atoms with E-state index >= 15 is 0 Å². The first-order valence-electron chi connectivity index (χ1n) is 11.7. The highest BCUT2D eigenvalue weighted by molar-refractivity contribution is 9.10. The standard InChI is InChI=1S/C27H30BrN3O6S/c1-19(27(33)29-2)30(17-20-10-12-21(28)13-11-20)26(32)18-31(38(34,35)23-8-6-5-7-9-23)24-16-22(36-3)14-15-25(24)37-4/h5-16,19H,17-18H2,1-4H3,(H,29,33)/t19-/m0/s1. The zero-order valence-electron chi connectivity index (χ0n) is 21.5. The van der Waals surface area contributed by atoms with Gasteiger partial charge in [0.05, 0.1) is 24.8 Å². The molecule has 3 rings (SSSR count). The van der Waals surface area contributed by atoms with Crippen LogP contribution in [0.5, 0.6) is 11.5 Å². The summed E-state index contributed by atoms with van der Waals surface area (Å²) < 4.78 is 40.4. The molecule has 202 valence electrons. The predicted molar refractivity (Wildman–Crippen MR) is 149 cm³/mol. The lowest BCUT2D eigenvalue weighted by molar-refractivity contribution is -0.139. The van der Waals surface area contributed by atoms with E-state index in [1.165, 1.54) is 44.4 Å². The molecule has 0 fully saturated rings. The fourth-order valence-electron chi connectivity index (χ4n) is 3.80. The average molecular weight is 605 g/mol. The molecular formula is C27H30BrN3O6S. The van der Waals surface area contributed by atoms with Gasteiger partial charge in [-0.05, 0) is 48.9 Å². The SMILES string of the molecule is CNC(=O)[C@H](C)N(Cc1ccc(Br)cc1)C(=O)CN(c1cc(OC)ccc1OC)S(=O)(=O)c1ccccc1. The summed E-state index contributed by atoms with van der Waals surface area (Å²) in [5.74, 6) is -0.343. The van der Waals surface area contributed by atoms with Gasteiger partial charge in [0.1, 0.15) is 24.1 Å². The van der Waals surface area contributed by atoms with E-state index < -0.39 is 28.5 Å². The number of carbonyl (C=O) groups is 2. The topological polar surface area (TPSA) is 105 Å². The number of likely N-dealkylation sites (N-methyl/N-ethyl adjacent to an activating group) is 1. The van der Waals surface area contributed by atoms with E-state index in [0.717, 1.165) is 14.3 Å². The number of halogens is 1. The number of benzene rings is 3. The molecule has 0 saturated carbocycles. The van der Waals surface area contributed by atoms with Crippen molar-refractivity contribution in [1.29, 1.82) is 0 Å². The number of anilines is 1. The van der Waals surface area contributed by atoms with E-state index in [0.29, 0.717) is 5.75 Å². The summed E-state index contributed by atoms with van der Waals surface area (Å²) in [5.41, 5.74) is 0.897. The molecule has 1 atom stereocenters. The van der Waals surface area contributed by atoms with Crippen LogP contribution in [0.4, 0.5) is 5.69 Å². The number of ether oxygens (including phenoxy) is 2. The van der Waals surface area contributed by atoms with Gasteiger partial charge in [-0.2, -0.15) is 0 Å². The third-order valence-corrected chi connectivity index (χ3v) is 8.25. The third kappa shape index (κ3) is 6.65. The Bertz CT molecular complexity index is 1370. The molecule has 0 aliphatic heterocycles. The summed E-state index contributed by atoms with van der Waals surface area (Å²) in [7, 11) is 0.121. The quantitative estimate of drug-likeness (QED) is 0.357. The molecule has 2 amide bonds. The van der Waals surface area contributed by atoms with Gasteiger partial charge >= 0.3 is 0 Å².